The van der Waals surface area contributed by atoms with Gasteiger partial charge < -0.3 is 4.74 Å². The Morgan fingerprint density at radius 1 is 1.32 bits per heavy atom. The Morgan fingerprint density at radius 2 is 2.00 bits per heavy atom. The molecular weight excluding hydrogens is 304 g/mol. The average molecular weight is 323 g/mol. The Bertz CT molecular complexity index is 602. The van der Waals surface area contributed by atoms with Gasteiger partial charge >= 0.3 is 0 Å². The van der Waals surface area contributed by atoms with Crippen molar-refractivity contribution >= 4 is 15.9 Å². The number of hydrogen-bond donors (Lipinski definition) is 0. The molecule has 1 aromatic heterocycles. The van der Waals surface area contributed by atoms with Crippen LogP contribution in [0.3, 0.4) is 0 Å². The molecule has 0 saturated carbocycles. The van der Waals surface area contributed by atoms with Crippen molar-refractivity contribution in [1.82, 2.24) is 9.78 Å². The first kappa shape index (κ1) is 14.1. The van der Waals surface area contributed by atoms with E-state index < -0.39 is 0 Å². The third-order valence-corrected chi connectivity index (χ3v) is 4.22. The molecule has 0 N–H and O–H groups in total. The largest absolute Gasteiger partial charge is 0.496 e. The Balaban J connectivity index is 2.60. The molecule has 102 valence electrons. The number of halogens is 1. The number of benzene rings is 1. The van der Waals surface area contributed by atoms with Gasteiger partial charge in [-0.2, -0.15) is 5.10 Å². The van der Waals surface area contributed by atoms with E-state index in [-0.39, 0.29) is 0 Å². The summed E-state index contributed by atoms with van der Waals surface area (Å²) in [5.74, 6) is 1.36. The quantitative estimate of drug-likeness (QED) is 0.842. The van der Waals surface area contributed by atoms with E-state index in [1.165, 1.54) is 5.56 Å². The summed E-state index contributed by atoms with van der Waals surface area (Å²) in [4.78, 5) is 0. The van der Waals surface area contributed by atoms with Gasteiger partial charge in [-0.3, -0.25) is 4.68 Å². The van der Waals surface area contributed by atoms with E-state index in [4.69, 9.17) is 4.74 Å². The topological polar surface area (TPSA) is 27.1 Å². The lowest BCUT2D eigenvalue weighted by Crippen LogP contribution is -1.98. The van der Waals surface area contributed by atoms with Crippen molar-refractivity contribution in [3.05, 3.63) is 33.9 Å². The molecule has 2 rings (SSSR count). The summed E-state index contributed by atoms with van der Waals surface area (Å²) in [6.07, 6.45) is 0. The van der Waals surface area contributed by atoms with E-state index in [2.05, 4.69) is 47.0 Å². The molecule has 0 aliphatic heterocycles. The highest BCUT2D eigenvalue weighted by molar-refractivity contribution is 9.10. The zero-order valence-electron chi connectivity index (χ0n) is 12.0. The van der Waals surface area contributed by atoms with Gasteiger partial charge in [-0.1, -0.05) is 13.8 Å². The van der Waals surface area contributed by atoms with Crippen LogP contribution < -0.4 is 4.74 Å². The Hall–Kier alpha value is -1.29. The van der Waals surface area contributed by atoms with Gasteiger partial charge in [-0.15, -0.1) is 0 Å². The van der Waals surface area contributed by atoms with E-state index in [1.54, 1.807) is 7.11 Å². The Morgan fingerprint density at radius 3 is 2.47 bits per heavy atom. The number of hydrogen-bond acceptors (Lipinski definition) is 2. The van der Waals surface area contributed by atoms with Gasteiger partial charge in [-0.25, -0.2) is 0 Å². The summed E-state index contributed by atoms with van der Waals surface area (Å²) in [6, 6.07) is 6.29. The van der Waals surface area contributed by atoms with Crippen LogP contribution in [0.25, 0.3) is 11.3 Å². The minimum Gasteiger partial charge on any atom is -0.496 e. The molecule has 1 heterocycles. The van der Waals surface area contributed by atoms with Crippen molar-refractivity contribution in [3.63, 3.8) is 0 Å². The molecule has 19 heavy (non-hydrogen) atoms. The third-order valence-electron chi connectivity index (χ3n) is 3.27. The molecule has 2 aromatic rings. The first-order chi connectivity index (χ1) is 8.95. The highest BCUT2D eigenvalue weighted by Crippen LogP contribution is 2.35. The highest BCUT2D eigenvalue weighted by Gasteiger charge is 2.15. The Labute approximate surface area is 122 Å². The molecule has 0 unspecified atom stereocenters. The van der Waals surface area contributed by atoms with E-state index in [0.717, 1.165) is 27.2 Å². The molecule has 0 atom stereocenters. The molecule has 0 radical (unpaired) electrons. The van der Waals surface area contributed by atoms with Crippen molar-refractivity contribution in [2.75, 3.05) is 7.11 Å². The predicted molar refractivity (Wildman–Crippen MR) is 81.7 cm³/mol. The number of rotatable bonds is 3. The maximum absolute atomic E-state index is 5.43. The fourth-order valence-corrected chi connectivity index (χ4v) is 2.84. The van der Waals surface area contributed by atoms with Gasteiger partial charge in [0.2, 0.25) is 0 Å². The van der Waals surface area contributed by atoms with Gasteiger partial charge in [-0.05, 0) is 52.5 Å². The van der Waals surface area contributed by atoms with Crippen LogP contribution in [0.1, 0.15) is 31.0 Å². The molecule has 0 saturated heterocycles. The summed E-state index contributed by atoms with van der Waals surface area (Å²) >= 11 is 3.62. The standard InChI is InChI=1S/C15H19BrN2O/c1-9(2)12-8-11(6-7-13(12)19-5)15-14(16)10(3)17-18(15)4/h6-9H,1-5H3. The van der Waals surface area contributed by atoms with Crippen LogP contribution in [0.5, 0.6) is 5.75 Å². The highest BCUT2D eigenvalue weighted by atomic mass is 79.9. The number of aromatic nitrogens is 2. The van der Waals surface area contributed by atoms with Crippen molar-refractivity contribution < 1.29 is 4.74 Å². The summed E-state index contributed by atoms with van der Waals surface area (Å²) in [5.41, 5.74) is 4.46. The molecule has 1 aromatic carbocycles. The summed E-state index contributed by atoms with van der Waals surface area (Å²) < 4.78 is 8.39. The molecule has 0 amide bonds. The number of methoxy groups -OCH3 is 1. The zero-order valence-corrected chi connectivity index (χ0v) is 13.6. The maximum atomic E-state index is 5.43. The second-order valence-corrected chi connectivity index (χ2v) is 5.78. The monoisotopic (exact) mass is 322 g/mol. The first-order valence-corrected chi connectivity index (χ1v) is 7.12. The minimum atomic E-state index is 0.419. The lowest BCUT2D eigenvalue weighted by Gasteiger charge is -2.14. The lowest BCUT2D eigenvalue weighted by atomic mass is 9.98. The van der Waals surface area contributed by atoms with E-state index in [9.17, 15) is 0 Å². The summed E-state index contributed by atoms with van der Waals surface area (Å²) in [7, 11) is 3.68. The van der Waals surface area contributed by atoms with Gasteiger partial charge in [0.1, 0.15) is 5.75 Å². The molecule has 0 aliphatic carbocycles. The molecule has 0 spiro atoms. The van der Waals surface area contributed by atoms with Gasteiger partial charge in [0.25, 0.3) is 0 Å². The second-order valence-electron chi connectivity index (χ2n) is 4.98. The van der Waals surface area contributed by atoms with Crippen molar-refractivity contribution in [1.29, 1.82) is 0 Å². The molecule has 4 heteroatoms. The van der Waals surface area contributed by atoms with Gasteiger partial charge in [0.15, 0.2) is 0 Å². The third kappa shape index (κ3) is 2.54. The normalized spacial score (nSPS) is 11.1. The molecule has 0 aliphatic rings. The molecular formula is C15H19BrN2O. The number of aryl methyl sites for hydroxylation is 2. The number of ether oxygens (including phenoxy) is 1. The fraction of sp³-hybridized carbons (Fsp3) is 0.400. The van der Waals surface area contributed by atoms with Crippen LogP contribution in [-0.2, 0) is 7.05 Å². The lowest BCUT2D eigenvalue weighted by molar-refractivity contribution is 0.407. The summed E-state index contributed by atoms with van der Waals surface area (Å²) in [6.45, 7) is 6.34. The zero-order chi connectivity index (χ0) is 14.2. The van der Waals surface area contributed by atoms with E-state index in [1.807, 2.05) is 24.7 Å². The molecule has 3 nitrogen and oxygen atoms in total. The second kappa shape index (κ2) is 5.37. The average Bonchev–Trinajstić information content (AvgIpc) is 2.62. The van der Waals surface area contributed by atoms with Crippen LogP contribution in [-0.4, -0.2) is 16.9 Å². The first-order valence-electron chi connectivity index (χ1n) is 6.33. The SMILES string of the molecule is COc1ccc(-c2c(Br)c(C)nn2C)cc1C(C)C. The van der Waals surface area contributed by atoms with Crippen LogP contribution in [0.4, 0.5) is 0 Å². The molecule has 0 bridgehead atoms. The van der Waals surface area contributed by atoms with Crippen LogP contribution >= 0.6 is 15.9 Å². The number of nitrogens with zero attached hydrogens (tertiary/aromatic N) is 2. The van der Waals surface area contributed by atoms with E-state index >= 15 is 0 Å². The van der Waals surface area contributed by atoms with Crippen LogP contribution in [0.15, 0.2) is 22.7 Å². The van der Waals surface area contributed by atoms with Crippen LogP contribution in [0.2, 0.25) is 0 Å². The fourth-order valence-electron chi connectivity index (χ4n) is 2.28. The van der Waals surface area contributed by atoms with Crippen molar-refractivity contribution in [2.24, 2.45) is 7.05 Å². The predicted octanol–water partition coefficient (Wildman–Crippen LogP) is 4.29. The smallest absolute Gasteiger partial charge is 0.122 e. The van der Waals surface area contributed by atoms with Crippen molar-refractivity contribution in [2.45, 2.75) is 26.7 Å². The van der Waals surface area contributed by atoms with E-state index in [0.29, 0.717) is 5.92 Å². The summed E-state index contributed by atoms with van der Waals surface area (Å²) in [5, 5.41) is 4.44. The van der Waals surface area contributed by atoms with Gasteiger partial charge in [0, 0.05) is 12.6 Å². The molecule has 0 fully saturated rings. The van der Waals surface area contributed by atoms with Crippen molar-refractivity contribution in [3.8, 4) is 17.0 Å². The van der Waals surface area contributed by atoms with Crippen LogP contribution in [0, 0.1) is 6.92 Å². The Kier molecular flexibility index (Phi) is 3.99. The minimum absolute atomic E-state index is 0.419. The van der Waals surface area contributed by atoms with Gasteiger partial charge in [0.05, 0.1) is 23.0 Å². The maximum Gasteiger partial charge on any atom is 0.122 e.